The highest BCUT2D eigenvalue weighted by Gasteiger charge is 2.49. The molecule has 3 aromatic rings. The summed E-state index contributed by atoms with van der Waals surface area (Å²) in [4.78, 5) is 12.7. The molecule has 1 saturated heterocycles. The Morgan fingerprint density at radius 1 is 1.37 bits per heavy atom. The maximum absolute atomic E-state index is 12.7. The van der Waals surface area contributed by atoms with E-state index in [0.29, 0.717) is 29.5 Å². The molecule has 3 atom stereocenters. The molecular formula is C20H21N3O4. The van der Waals surface area contributed by atoms with Gasteiger partial charge in [0.25, 0.3) is 0 Å². The van der Waals surface area contributed by atoms with Crippen molar-refractivity contribution >= 4 is 16.9 Å². The number of hydrogen-bond acceptors (Lipinski definition) is 5. The first-order chi connectivity index (χ1) is 13.1. The zero-order chi connectivity index (χ0) is 18.7. The summed E-state index contributed by atoms with van der Waals surface area (Å²) in [5, 5.41) is 14.9. The summed E-state index contributed by atoms with van der Waals surface area (Å²) in [7, 11) is 1.58. The largest absolute Gasteiger partial charge is 0.496 e. The molecule has 2 N–H and O–H groups in total. The van der Waals surface area contributed by atoms with E-state index < -0.39 is 6.23 Å². The topological polar surface area (TPSA) is 87.6 Å². The third kappa shape index (κ3) is 2.32. The van der Waals surface area contributed by atoms with Crippen LogP contribution in [0.3, 0.4) is 0 Å². The Morgan fingerprint density at radius 2 is 2.15 bits per heavy atom. The molecule has 7 nitrogen and oxygen atoms in total. The van der Waals surface area contributed by atoms with Crippen LogP contribution in [0.15, 0.2) is 36.7 Å². The number of methoxy groups -OCH3 is 1. The van der Waals surface area contributed by atoms with Crippen LogP contribution in [0.5, 0.6) is 5.75 Å². The molecule has 1 unspecified atom stereocenters. The third-order valence-corrected chi connectivity index (χ3v) is 5.46. The van der Waals surface area contributed by atoms with Crippen molar-refractivity contribution in [1.82, 2.24) is 14.5 Å². The van der Waals surface area contributed by atoms with E-state index in [4.69, 9.17) is 9.47 Å². The molecule has 0 bridgehead atoms. The predicted molar refractivity (Wildman–Crippen MR) is 98.9 cm³/mol. The van der Waals surface area contributed by atoms with Gasteiger partial charge in [0.1, 0.15) is 5.75 Å². The van der Waals surface area contributed by atoms with Gasteiger partial charge in [0.05, 0.1) is 41.9 Å². The van der Waals surface area contributed by atoms with Gasteiger partial charge in [0.2, 0.25) is 0 Å². The van der Waals surface area contributed by atoms with Crippen molar-refractivity contribution in [1.29, 1.82) is 0 Å². The Hall–Kier alpha value is -2.77. The molecule has 2 aliphatic heterocycles. The molecule has 7 heteroatoms. The maximum atomic E-state index is 12.7. The lowest BCUT2D eigenvalue weighted by molar-refractivity contribution is 0.0527. The van der Waals surface area contributed by atoms with Gasteiger partial charge in [-0.3, -0.25) is 0 Å². The van der Waals surface area contributed by atoms with Crippen molar-refractivity contribution in [2.75, 3.05) is 13.7 Å². The van der Waals surface area contributed by atoms with E-state index in [-0.39, 0.29) is 12.0 Å². The highest BCUT2D eigenvalue weighted by molar-refractivity contribution is 6.09. The van der Waals surface area contributed by atoms with Gasteiger partial charge in [0, 0.05) is 30.5 Å². The highest BCUT2D eigenvalue weighted by atomic mass is 16.5. The fourth-order valence-corrected chi connectivity index (χ4v) is 4.20. The first kappa shape index (κ1) is 16.4. The molecular weight excluding hydrogens is 346 g/mol. The standard InChI is InChI=1S/C20H21N3O4/c1-3-27-20(25)16-15-13(23-10-12-17(21-12)18(16)23)8-11(9-14(15)26-2)19(24)22-6-4-5-7-22/h4-9,12,17,19,21,24H,3,10H2,1-2H3/t12-,17-,19?/m0/s1. The van der Waals surface area contributed by atoms with E-state index in [9.17, 15) is 9.90 Å². The van der Waals surface area contributed by atoms with Gasteiger partial charge in [-0.2, -0.15) is 0 Å². The number of aliphatic hydroxyl groups is 1. The zero-order valence-corrected chi connectivity index (χ0v) is 15.2. The number of aromatic nitrogens is 2. The summed E-state index contributed by atoms with van der Waals surface area (Å²) in [5.74, 6) is 0.235. The molecule has 4 heterocycles. The molecule has 5 rings (SSSR count). The molecule has 0 spiro atoms. The molecule has 140 valence electrons. The number of ether oxygens (including phenoxy) is 2. The quantitative estimate of drug-likeness (QED) is 0.533. The van der Waals surface area contributed by atoms with Crippen LogP contribution in [-0.4, -0.2) is 40.0 Å². The molecule has 0 saturated carbocycles. The lowest BCUT2D eigenvalue weighted by Crippen LogP contribution is -2.09. The minimum Gasteiger partial charge on any atom is -0.496 e. The SMILES string of the molecule is CCOC(=O)c1c2n(c3cc(C(O)n4cccc4)cc(OC)c13)C[C@@H]1N[C@H]21. The Bertz CT molecular complexity index is 1040. The number of fused-ring (bicyclic) bond motifs is 5. The molecule has 0 aliphatic carbocycles. The van der Waals surface area contributed by atoms with E-state index in [1.54, 1.807) is 24.7 Å². The number of hydrogen-bond donors (Lipinski definition) is 2. The number of benzene rings is 1. The van der Waals surface area contributed by atoms with E-state index >= 15 is 0 Å². The number of nitrogens with one attached hydrogen (secondary N) is 1. The summed E-state index contributed by atoms with van der Waals surface area (Å²) in [6, 6.07) is 8.02. The lowest BCUT2D eigenvalue weighted by Gasteiger charge is -2.16. The lowest BCUT2D eigenvalue weighted by atomic mass is 10.0. The number of aliphatic hydroxyl groups excluding tert-OH is 1. The van der Waals surface area contributed by atoms with Crippen LogP contribution in [0.2, 0.25) is 0 Å². The van der Waals surface area contributed by atoms with Crippen LogP contribution >= 0.6 is 0 Å². The number of nitrogens with zero attached hydrogens (tertiary/aromatic N) is 2. The van der Waals surface area contributed by atoms with Crippen molar-refractivity contribution in [3.05, 3.63) is 53.5 Å². The Morgan fingerprint density at radius 3 is 2.85 bits per heavy atom. The molecule has 2 aliphatic rings. The van der Waals surface area contributed by atoms with Gasteiger partial charge in [-0.15, -0.1) is 0 Å². The molecule has 0 amide bonds. The first-order valence-electron chi connectivity index (χ1n) is 9.11. The minimum atomic E-state index is -0.829. The second-order valence-electron chi connectivity index (χ2n) is 6.96. The molecule has 1 fully saturated rings. The van der Waals surface area contributed by atoms with Crippen molar-refractivity contribution in [2.24, 2.45) is 0 Å². The zero-order valence-electron chi connectivity index (χ0n) is 15.2. The minimum absolute atomic E-state index is 0.180. The average molecular weight is 367 g/mol. The van der Waals surface area contributed by atoms with Crippen LogP contribution in [0, 0.1) is 0 Å². The summed E-state index contributed by atoms with van der Waals surface area (Å²) in [5.41, 5.74) is 3.13. The number of carbonyl (C=O) groups excluding carboxylic acids is 1. The van der Waals surface area contributed by atoms with E-state index in [0.717, 1.165) is 23.1 Å². The smallest absolute Gasteiger partial charge is 0.340 e. The van der Waals surface area contributed by atoms with Gasteiger partial charge in [-0.25, -0.2) is 4.79 Å². The number of carbonyl (C=O) groups is 1. The van der Waals surface area contributed by atoms with Crippen LogP contribution in [0.4, 0.5) is 0 Å². The van der Waals surface area contributed by atoms with Gasteiger partial charge >= 0.3 is 5.97 Å². The van der Waals surface area contributed by atoms with Gasteiger partial charge in [-0.05, 0) is 31.2 Å². The monoisotopic (exact) mass is 367 g/mol. The Kier molecular flexibility index (Phi) is 3.57. The van der Waals surface area contributed by atoms with E-state index in [2.05, 4.69) is 9.88 Å². The second-order valence-corrected chi connectivity index (χ2v) is 6.96. The van der Waals surface area contributed by atoms with Crippen LogP contribution in [-0.2, 0) is 11.3 Å². The normalized spacial score (nSPS) is 21.0. The third-order valence-electron chi connectivity index (χ3n) is 5.46. The van der Waals surface area contributed by atoms with Crippen molar-refractivity contribution in [3.63, 3.8) is 0 Å². The summed E-state index contributed by atoms with van der Waals surface area (Å²) < 4.78 is 14.8. The maximum Gasteiger partial charge on any atom is 0.340 e. The number of esters is 1. The van der Waals surface area contributed by atoms with E-state index in [1.165, 1.54) is 0 Å². The summed E-state index contributed by atoms with van der Waals surface area (Å²) in [6.45, 7) is 2.92. The molecule has 27 heavy (non-hydrogen) atoms. The average Bonchev–Trinajstić information content (AvgIpc) is 3.05. The predicted octanol–water partition coefficient (Wildman–Crippen LogP) is 2.19. The van der Waals surface area contributed by atoms with Crippen molar-refractivity contribution in [3.8, 4) is 5.75 Å². The highest BCUT2D eigenvalue weighted by Crippen LogP contribution is 2.47. The fourth-order valence-electron chi connectivity index (χ4n) is 4.20. The van der Waals surface area contributed by atoms with Crippen LogP contribution < -0.4 is 10.1 Å². The first-order valence-corrected chi connectivity index (χ1v) is 9.11. The summed E-state index contributed by atoms with van der Waals surface area (Å²) >= 11 is 0. The van der Waals surface area contributed by atoms with Gasteiger partial charge < -0.3 is 29.0 Å². The van der Waals surface area contributed by atoms with Gasteiger partial charge in [0.15, 0.2) is 6.23 Å². The number of rotatable bonds is 5. The fraction of sp³-hybridized carbons (Fsp3) is 0.350. The summed E-state index contributed by atoms with van der Waals surface area (Å²) in [6.07, 6.45) is 2.80. The Balaban J connectivity index is 1.74. The van der Waals surface area contributed by atoms with Gasteiger partial charge in [-0.1, -0.05) is 0 Å². The van der Waals surface area contributed by atoms with Crippen molar-refractivity contribution in [2.45, 2.75) is 31.8 Å². The Labute approximate surface area is 156 Å². The van der Waals surface area contributed by atoms with E-state index in [1.807, 2.05) is 30.6 Å². The molecule has 2 aromatic heterocycles. The molecule has 0 radical (unpaired) electrons. The molecule has 1 aromatic carbocycles. The van der Waals surface area contributed by atoms with Crippen molar-refractivity contribution < 1.29 is 19.4 Å². The second kappa shape index (κ2) is 5.87. The van der Waals surface area contributed by atoms with Crippen LogP contribution in [0.1, 0.15) is 40.8 Å². The van der Waals surface area contributed by atoms with Crippen LogP contribution in [0.25, 0.3) is 10.9 Å².